The number of carbonyl (C=O) groups is 1. The van der Waals surface area contributed by atoms with Gasteiger partial charge in [0, 0.05) is 29.1 Å². The van der Waals surface area contributed by atoms with Crippen LogP contribution in [0, 0.1) is 6.92 Å². The van der Waals surface area contributed by atoms with Crippen LogP contribution in [-0.2, 0) is 11.2 Å². The number of hydrogen-bond acceptors (Lipinski definition) is 5. The van der Waals surface area contributed by atoms with E-state index in [0.29, 0.717) is 35.6 Å². The number of benzene rings is 2. The number of carbonyl (C=O) groups excluding carboxylic acids is 1. The van der Waals surface area contributed by atoms with Crippen LogP contribution in [0.5, 0.6) is 11.5 Å². The van der Waals surface area contributed by atoms with E-state index < -0.39 is 5.63 Å². The Morgan fingerprint density at radius 1 is 1.11 bits per heavy atom. The second-order valence-corrected chi connectivity index (χ2v) is 6.36. The minimum Gasteiger partial charge on any atom is -0.497 e. The zero-order valence-electron chi connectivity index (χ0n) is 16.2. The smallest absolute Gasteiger partial charge is 0.339 e. The third kappa shape index (κ3) is 4.34. The molecule has 3 rings (SSSR count). The van der Waals surface area contributed by atoms with Gasteiger partial charge in [0.15, 0.2) is 0 Å². The molecule has 0 aliphatic heterocycles. The maximum atomic E-state index is 12.4. The summed E-state index contributed by atoms with van der Waals surface area (Å²) in [5, 5.41) is 3.66. The van der Waals surface area contributed by atoms with Crippen LogP contribution in [0.4, 0.5) is 5.69 Å². The molecule has 0 aliphatic carbocycles. The number of aryl methyl sites for hydroxylation is 1. The molecule has 0 saturated heterocycles. The minimum atomic E-state index is -0.424. The summed E-state index contributed by atoms with van der Waals surface area (Å²) < 4.78 is 16.0. The molecule has 0 fully saturated rings. The van der Waals surface area contributed by atoms with Crippen molar-refractivity contribution in [3.05, 3.63) is 64.0 Å². The van der Waals surface area contributed by atoms with Gasteiger partial charge in [-0.25, -0.2) is 4.79 Å². The van der Waals surface area contributed by atoms with E-state index in [9.17, 15) is 9.59 Å². The van der Waals surface area contributed by atoms with Crippen molar-refractivity contribution in [2.45, 2.75) is 26.7 Å². The molecule has 3 aromatic rings. The molecule has 0 aliphatic rings. The number of nitrogens with one attached hydrogen (secondary N) is 1. The maximum Gasteiger partial charge on any atom is 0.339 e. The minimum absolute atomic E-state index is 0.169. The van der Waals surface area contributed by atoms with Gasteiger partial charge >= 0.3 is 5.63 Å². The van der Waals surface area contributed by atoms with Crippen molar-refractivity contribution in [2.24, 2.45) is 0 Å². The number of ether oxygens (including phenoxy) is 2. The first-order valence-corrected chi connectivity index (χ1v) is 9.15. The van der Waals surface area contributed by atoms with Gasteiger partial charge in [0.2, 0.25) is 5.91 Å². The normalized spacial score (nSPS) is 10.7. The molecular weight excluding hydrogens is 358 g/mol. The average Bonchev–Trinajstić information content (AvgIpc) is 2.69. The van der Waals surface area contributed by atoms with Crippen molar-refractivity contribution in [3.8, 4) is 11.5 Å². The van der Waals surface area contributed by atoms with Gasteiger partial charge in [-0.05, 0) is 62.2 Å². The van der Waals surface area contributed by atoms with Crippen LogP contribution in [0.15, 0.2) is 51.7 Å². The molecule has 28 heavy (non-hydrogen) atoms. The van der Waals surface area contributed by atoms with Crippen LogP contribution in [0.2, 0.25) is 0 Å². The largest absolute Gasteiger partial charge is 0.497 e. The van der Waals surface area contributed by atoms with Gasteiger partial charge in [-0.2, -0.15) is 0 Å². The molecular formula is C22H23NO5. The molecule has 2 aromatic carbocycles. The average molecular weight is 381 g/mol. The Labute approximate surface area is 163 Å². The van der Waals surface area contributed by atoms with Gasteiger partial charge in [0.25, 0.3) is 0 Å². The zero-order chi connectivity index (χ0) is 20.1. The highest BCUT2D eigenvalue weighted by molar-refractivity contribution is 5.91. The van der Waals surface area contributed by atoms with Crippen LogP contribution >= 0.6 is 0 Å². The summed E-state index contributed by atoms with van der Waals surface area (Å²) in [6.45, 7) is 4.37. The topological polar surface area (TPSA) is 77.8 Å². The lowest BCUT2D eigenvalue weighted by Crippen LogP contribution is -2.16. The number of anilines is 1. The first-order chi connectivity index (χ1) is 13.5. The Kier molecular flexibility index (Phi) is 5.99. The molecule has 1 heterocycles. The van der Waals surface area contributed by atoms with Crippen LogP contribution in [0.3, 0.4) is 0 Å². The van der Waals surface area contributed by atoms with E-state index in [1.165, 1.54) is 0 Å². The first kappa shape index (κ1) is 19.5. The molecule has 6 heteroatoms. The third-order valence-corrected chi connectivity index (χ3v) is 4.55. The van der Waals surface area contributed by atoms with Crippen LogP contribution in [0.1, 0.15) is 24.5 Å². The Morgan fingerprint density at radius 2 is 1.82 bits per heavy atom. The Hall–Kier alpha value is -3.28. The van der Waals surface area contributed by atoms with Crippen molar-refractivity contribution < 1.29 is 18.7 Å². The van der Waals surface area contributed by atoms with Gasteiger partial charge in [-0.3, -0.25) is 4.79 Å². The van der Waals surface area contributed by atoms with Crippen LogP contribution in [-0.4, -0.2) is 19.6 Å². The summed E-state index contributed by atoms with van der Waals surface area (Å²) in [5.74, 6) is 1.21. The lowest BCUT2D eigenvalue weighted by Gasteiger charge is -2.10. The predicted molar refractivity (Wildman–Crippen MR) is 108 cm³/mol. The monoisotopic (exact) mass is 381 g/mol. The molecule has 0 bridgehead atoms. The summed E-state index contributed by atoms with van der Waals surface area (Å²) >= 11 is 0. The Morgan fingerprint density at radius 3 is 2.50 bits per heavy atom. The predicted octanol–water partition coefficient (Wildman–Crippen LogP) is 4.08. The van der Waals surface area contributed by atoms with Crippen molar-refractivity contribution in [1.82, 2.24) is 0 Å². The highest BCUT2D eigenvalue weighted by Crippen LogP contribution is 2.24. The van der Waals surface area contributed by atoms with Crippen LogP contribution < -0.4 is 20.4 Å². The lowest BCUT2D eigenvalue weighted by molar-refractivity contribution is -0.116. The van der Waals surface area contributed by atoms with E-state index in [1.807, 2.05) is 26.0 Å². The van der Waals surface area contributed by atoms with E-state index in [2.05, 4.69) is 5.32 Å². The summed E-state index contributed by atoms with van der Waals surface area (Å²) in [6.07, 6.45) is 0.486. The highest BCUT2D eigenvalue weighted by atomic mass is 16.5. The van der Waals surface area contributed by atoms with Crippen molar-refractivity contribution >= 4 is 22.6 Å². The SMILES string of the molecule is CCOc1ccc(NC(=O)CCc2c(C)c3ccc(OC)cc3oc2=O)cc1. The quantitative estimate of drug-likeness (QED) is 0.624. The van der Waals surface area contributed by atoms with E-state index in [4.69, 9.17) is 13.9 Å². The molecule has 0 spiro atoms. The molecule has 0 radical (unpaired) electrons. The fourth-order valence-electron chi connectivity index (χ4n) is 3.05. The second kappa shape index (κ2) is 8.61. The van der Waals surface area contributed by atoms with E-state index in [-0.39, 0.29) is 12.3 Å². The lowest BCUT2D eigenvalue weighted by atomic mass is 10.0. The van der Waals surface area contributed by atoms with E-state index in [0.717, 1.165) is 16.7 Å². The fraction of sp³-hybridized carbons (Fsp3) is 0.273. The molecule has 146 valence electrons. The van der Waals surface area contributed by atoms with Gasteiger partial charge in [-0.15, -0.1) is 0 Å². The summed E-state index contributed by atoms with van der Waals surface area (Å²) in [4.78, 5) is 24.6. The number of methoxy groups -OCH3 is 1. The van der Waals surface area contributed by atoms with E-state index in [1.54, 1.807) is 37.4 Å². The number of amides is 1. The maximum absolute atomic E-state index is 12.4. The fourth-order valence-corrected chi connectivity index (χ4v) is 3.05. The molecule has 0 atom stereocenters. The molecule has 1 amide bonds. The Balaban J connectivity index is 1.70. The Bertz CT molecular complexity index is 1040. The highest BCUT2D eigenvalue weighted by Gasteiger charge is 2.14. The van der Waals surface area contributed by atoms with Crippen molar-refractivity contribution in [1.29, 1.82) is 0 Å². The number of rotatable bonds is 7. The summed E-state index contributed by atoms with van der Waals surface area (Å²) in [7, 11) is 1.56. The molecule has 0 saturated carbocycles. The summed E-state index contributed by atoms with van der Waals surface area (Å²) in [5.41, 5.74) is 2.07. The van der Waals surface area contributed by atoms with E-state index >= 15 is 0 Å². The van der Waals surface area contributed by atoms with Gasteiger partial charge in [-0.1, -0.05) is 0 Å². The third-order valence-electron chi connectivity index (χ3n) is 4.55. The first-order valence-electron chi connectivity index (χ1n) is 9.15. The van der Waals surface area contributed by atoms with Gasteiger partial charge < -0.3 is 19.2 Å². The van der Waals surface area contributed by atoms with Crippen LogP contribution in [0.25, 0.3) is 11.0 Å². The second-order valence-electron chi connectivity index (χ2n) is 6.36. The molecule has 1 N–H and O–H groups in total. The van der Waals surface area contributed by atoms with Crippen molar-refractivity contribution in [3.63, 3.8) is 0 Å². The molecule has 0 unspecified atom stereocenters. The van der Waals surface area contributed by atoms with Gasteiger partial charge in [0.05, 0.1) is 13.7 Å². The number of hydrogen-bond donors (Lipinski definition) is 1. The van der Waals surface area contributed by atoms with Gasteiger partial charge in [0.1, 0.15) is 17.1 Å². The zero-order valence-corrected chi connectivity index (χ0v) is 16.2. The number of fused-ring (bicyclic) bond motifs is 1. The van der Waals surface area contributed by atoms with Crippen molar-refractivity contribution in [2.75, 3.05) is 19.0 Å². The molecule has 1 aromatic heterocycles. The standard InChI is InChI=1S/C22H23NO5/c1-4-27-16-7-5-15(6-8-16)23-21(24)12-11-19-14(2)18-10-9-17(26-3)13-20(18)28-22(19)25/h5-10,13H,4,11-12H2,1-3H3,(H,23,24). The summed E-state index contributed by atoms with van der Waals surface area (Å²) in [6, 6.07) is 12.5. The molecule has 6 nitrogen and oxygen atoms in total.